The first-order valence-corrected chi connectivity index (χ1v) is 10.9. The summed E-state index contributed by atoms with van der Waals surface area (Å²) in [7, 11) is 0. The second kappa shape index (κ2) is 8.89. The topological polar surface area (TPSA) is 64.7 Å². The fourth-order valence-corrected chi connectivity index (χ4v) is 3.86. The highest BCUT2D eigenvalue weighted by molar-refractivity contribution is 9.10. The molecule has 2 heterocycles. The molecule has 2 aromatic heterocycles. The molecule has 7 heteroatoms. The number of nitrogens with one attached hydrogen (secondary N) is 1. The Bertz CT molecular complexity index is 1220. The molecule has 0 atom stereocenters. The van der Waals surface area contributed by atoms with Crippen molar-refractivity contribution in [2.45, 2.75) is 33.9 Å². The van der Waals surface area contributed by atoms with Crippen LogP contribution < -0.4 is 5.32 Å². The second-order valence-electron chi connectivity index (χ2n) is 7.75. The third kappa shape index (κ3) is 5.11. The average molecular weight is 478 g/mol. The van der Waals surface area contributed by atoms with Gasteiger partial charge in [-0.15, -0.1) is 0 Å². The Balaban J connectivity index is 1.46. The van der Waals surface area contributed by atoms with Crippen molar-refractivity contribution in [1.82, 2.24) is 19.6 Å². The molecule has 31 heavy (non-hydrogen) atoms. The molecule has 0 bridgehead atoms. The quantitative estimate of drug-likeness (QED) is 0.419. The van der Waals surface area contributed by atoms with E-state index in [-0.39, 0.29) is 5.91 Å². The Morgan fingerprint density at radius 1 is 0.968 bits per heavy atom. The van der Waals surface area contributed by atoms with E-state index in [0.29, 0.717) is 24.5 Å². The summed E-state index contributed by atoms with van der Waals surface area (Å²) in [5.74, 6) is 0.303. The molecule has 0 aliphatic carbocycles. The van der Waals surface area contributed by atoms with Crippen LogP contribution in [0.1, 0.15) is 38.4 Å². The monoisotopic (exact) mass is 477 g/mol. The number of benzene rings is 2. The molecule has 0 saturated heterocycles. The molecule has 4 rings (SSSR count). The summed E-state index contributed by atoms with van der Waals surface area (Å²) < 4.78 is 4.49. The predicted molar refractivity (Wildman–Crippen MR) is 125 cm³/mol. The van der Waals surface area contributed by atoms with Crippen molar-refractivity contribution in [3.63, 3.8) is 0 Å². The van der Waals surface area contributed by atoms with Crippen molar-refractivity contribution in [3.05, 3.63) is 98.9 Å². The molecule has 0 spiro atoms. The lowest BCUT2D eigenvalue weighted by molar-refractivity contribution is 0.102. The fraction of sp³-hybridized carbons (Fsp3) is 0.208. The zero-order valence-electron chi connectivity index (χ0n) is 17.8. The van der Waals surface area contributed by atoms with Crippen LogP contribution in [0.4, 0.5) is 5.82 Å². The number of anilines is 1. The smallest absolute Gasteiger partial charge is 0.256 e. The molecule has 0 unspecified atom stereocenters. The van der Waals surface area contributed by atoms with Crippen LogP contribution in [0, 0.1) is 20.8 Å². The average Bonchev–Trinajstić information content (AvgIpc) is 3.24. The summed E-state index contributed by atoms with van der Waals surface area (Å²) in [6.07, 6.45) is 1.87. The van der Waals surface area contributed by atoms with Crippen molar-refractivity contribution < 1.29 is 4.79 Å². The molecule has 6 nitrogen and oxygen atoms in total. The minimum absolute atomic E-state index is 0.198. The van der Waals surface area contributed by atoms with Gasteiger partial charge in [-0.3, -0.25) is 14.2 Å². The van der Waals surface area contributed by atoms with Crippen molar-refractivity contribution in [2.75, 3.05) is 5.32 Å². The molecule has 2 aromatic carbocycles. The molecule has 0 saturated carbocycles. The molecular formula is C24H24BrN5O. The van der Waals surface area contributed by atoms with Gasteiger partial charge in [-0.05, 0) is 66.0 Å². The first kappa shape index (κ1) is 21.1. The SMILES string of the molecule is Cc1ccc(Cn2cc(Br)c(NC(=O)c3cccc(Cn4nc(C)cc4C)c3)n2)cc1. The van der Waals surface area contributed by atoms with Gasteiger partial charge in [0, 0.05) is 17.5 Å². The fourth-order valence-electron chi connectivity index (χ4n) is 3.44. The lowest BCUT2D eigenvalue weighted by atomic mass is 10.1. The third-order valence-corrected chi connectivity index (χ3v) is 5.62. The summed E-state index contributed by atoms with van der Waals surface area (Å²) in [5, 5.41) is 11.9. The van der Waals surface area contributed by atoms with Crippen LogP contribution in [0.3, 0.4) is 0 Å². The van der Waals surface area contributed by atoms with Gasteiger partial charge < -0.3 is 5.32 Å². The van der Waals surface area contributed by atoms with Crippen LogP contribution in [0.15, 0.2) is 65.3 Å². The summed E-state index contributed by atoms with van der Waals surface area (Å²) >= 11 is 3.50. The second-order valence-corrected chi connectivity index (χ2v) is 8.60. The van der Waals surface area contributed by atoms with E-state index in [1.54, 1.807) is 6.07 Å². The number of rotatable bonds is 6. The van der Waals surface area contributed by atoms with Crippen molar-refractivity contribution in [2.24, 2.45) is 0 Å². The van der Waals surface area contributed by atoms with E-state index in [2.05, 4.69) is 62.6 Å². The highest BCUT2D eigenvalue weighted by atomic mass is 79.9. The number of aryl methyl sites for hydroxylation is 3. The van der Waals surface area contributed by atoms with Gasteiger partial charge in [0.05, 0.1) is 23.3 Å². The first-order chi connectivity index (χ1) is 14.9. The van der Waals surface area contributed by atoms with E-state index in [9.17, 15) is 4.79 Å². The van der Waals surface area contributed by atoms with Crippen LogP contribution in [-0.2, 0) is 13.1 Å². The van der Waals surface area contributed by atoms with Gasteiger partial charge in [-0.25, -0.2) is 0 Å². The first-order valence-electron chi connectivity index (χ1n) is 10.1. The number of amides is 1. The largest absolute Gasteiger partial charge is 0.304 e. The number of aromatic nitrogens is 4. The molecule has 1 N–H and O–H groups in total. The lowest BCUT2D eigenvalue weighted by Crippen LogP contribution is -2.14. The minimum atomic E-state index is -0.198. The molecule has 158 valence electrons. The van der Waals surface area contributed by atoms with Gasteiger partial charge in [0.1, 0.15) is 0 Å². The molecule has 0 radical (unpaired) electrons. The van der Waals surface area contributed by atoms with Crippen LogP contribution in [0.25, 0.3) is 0 Å². The van der Waals surface area contributed by atoms with Gasteiger partial charge in [-0.1, -0.05) is 42.0 Å². The van der Waals surface area contributed by atoms with Crippen molar-refractivity contribution in [1.29, 1.82) is 0 Å². The Labute approximate surface area is 190 Å². The van der Waals surface area contributed by atoms with Crippen LogP contribution in [0.2, 0.25) is 0 Å². The summed E-state index contributed by atoms with van der Waals surface area (Å²) in [6.45, 7) is 7.32. The van der Waals surface area contributed by atoms with Crippen LogP contribution in [-0.4, -0.2) is 25.5 Å². The Morgan fingerprint density at radius 3 is 2.45 bits per heavy atom. The number of carbonyl (C=O) groups is 1. The maximum absolute atomic E-state index is 12.8. The minimum Gasteiger partial charge on any atom is -0.304 e. The zero-order chi connectivity index (χ0) is 22.0. The Morgan fingerprint density at radius 2 is 1.74 bits per heavy atom. The lowest BCUT2D eigenvalue weighted by Gasteiger charge is -2.08. The van der Waals surface area contributed by atoms with E-state index in [1.807, 2.05) is 53.7 Å². The molecule has 1 amide bonds. The standard InChI is InChI=1S/C24H24BrN5O/c1-16-7-9-19(10-8-16)13-29-15-22(25)23(28-29)26-24(31)21-6-4-5-20(12-21)14-30-18(3)11-17(2)27-30/h4-12,15H,13-14H2,1-3H3,(H,26,28,31). The van der Waals surface area contributed by atoms with Gasteiger partial charge in [0.15, 0.2) is 5.82 Å². The highest BCUT2D eigenvalue weighted by Gasteiger charge is 2.13. The normalized spacial score (nSPS) is 11.0. The maximum atomic E-state index is 12.8. The van der Waals surface area contributed by atoms with Crippen LogP contribution in [0.5, 0.6) is 0 Å². The van der Waals surface area contributed by atoms with E-state index < -0.39 is 0 Å². The molecule has 0 aliphatic rings. The molecular weight excluding hydrogens is 454 g/mol. The number of carbonyl (C=O) groups excluding carboxylic acids is 1. The zero-order valence-corrected chi connectivity index (χ0v) is 19.3. The van der Waals surface area contributed by atoms with Gasteiger partial charge >= 0.3 is 0 Å². The number of halogens is 1. The van der Waals surface area contributed by atoms with Gasteiger partial charge in [0.2, 0.25) is 0 Å². The number of hydrogen-bond donors (Lipinski definition) is 1. The van der Waals surface area contributed by atoms with Crippen molar-refractivity contribution in [3.8, 4) is 0 Å². The highest BCUT2D eigenvalue weighted by Crippen LogP contribution is 2.22. The maximum Gasteiger partial charge on any atom is 0.256 e. The Kier molecular flexibility index (Phi) is 6.04. The van der Waals surface area contributed by atoms with E-state index in [4.69, 9.17) is 0 Å². The number of nitrogens with zero attached hydrogens (tertiary/aromatic N) is 4. The Hall–Kier alpha value is -3.19. The van der Waals surface area contributed by atoms with E-state index in [1.165, 1.54) is 5.56 Å². The van der Waals surface area contributed by atoms with Crippen molar-refractivity contribution >= 4 is 27.7 Å². The molecule has 0 aliphatic heterocycles. The third-order valence-electron chi connectivity index (χ3n) is 5.04. The van der Waals surface area contributed by atoms with E-state index in [0.717, 1.165) is 27.0 Å². The molecule has 0 fully saturated rings. The predicted octanol–water partition coefficient (Wildman–Crippen LogP) is 5.12. The van der Waals surface area contributed by atoms with Gasteiger partial charge in [0.25, 0.3) is 5.91 Å². The van der Waals surface area contributed by atoms with E-state index >= 15 is 0 Å². The molecule has 4 aromatic rings. The van der Waals surface area contributed by atoms with Gasteiger partial charge in [-0.2, -0.15) is 10.2 Å². The summed E-state index contributed by atoms with van der Waals surface area (Å²) in [4.78, 5) is 12.8. The number of hydrogen-bond acceptors (Lipinski definition) is 3. The summed E-state index contributed by atoms with van der Waals surface area (Å²) in [5.41, 5.74) is 6.04. The summed E-state index contributed by atoms with van der Waals surface area (Å²) in [6, 6.07) is 17.9. The van der Waals surface area contributed by atoms with Crippen LogP contribution >= 0.6 is 15.9 Å².